The van der Waals surface area contributed by atoms with E-state index in [2.05, 4.69) is 26.2 Å². The summed E-state index contributed by atoms with van der Waals surface area (Å²) in [6.07, 6.45) is 8.29. The number of amides is 1. The number of carbonyl (C=O) groups excluding carboxylic acids is 1. The summed E-state index contributed by atoms with van der Waals surface area (Å²) in [6, 6.07) is 0. The molecule has 0 aromatic carbocycles. The number of hydrogen-bond donors (Lipinski definition) is 1. The van der Waals surface area contributed by atoms with E-state index < -0.39 is 0 Å². The molecule has 1 aromatic rings. The zero-order valence-corrected chi connectivity index (χ0v) is 15.5. The maximum atomic E-state index is 12.5. The molecule has 23 heavy (non-hydrogen) atoms. The second-order valence-electron chi connectivity index (χ2n) is 8.31. The van der Waals surface area contributed by atoms with Crippen LogP contribution in [-0.4, -0.2) is 15.2 Å². The van der Waals surface area contributed by atoms with Gasteiger partial charge in [-0.1, -0.05) is 15.9 Å². The van der Waals surface area contributed by atoms with Gasteiger partial charge in [-0.15, -0.1) is 0 Å². The number of oxazole rings is 1. The Labute approximate surface area is 145 Å². The van der Waals surface area contributed by atoms with Gasteiger partial charge in [-0.2, -0.15) is 0 Å². The number of carbonyl (C=O) groups is 1. The summed E-state index contributed by atoms with van der Waals surface area (Å²) in [7, 11) is 0. The van der Waals surface area contributed by atoms with E-state index in [4.69, 9.17) is 4.42 Å². The van der Waals surface area contributed by atoms with Crippen molar-refractivity contribution in [1.82, 2.24) is 10.3 Å². The van der Waals surface area contributed by atoms with Gasteiger partial charge in [-0.05, 0) is 69.6 Å². The van der Waals surface area contributed by atoms with Crippen molar-refractivity contribution < 1.29 is 9.21 Å². The Bertz CT molecular complexity index is 605. The molecule has 4 nitrogen and oxygen atoms in total. The standard InChI is InChI=1S/C18H25BrN2O2/c1-11-12(2)23-16(21-11)9-20-15(22)8-17-4-13-3-14(5-17)7-18(19,6-13)10-17/h13-14H,3-10H2,1-2H3,(H,20,22). The number of hydrogen-bond acceptors (Lipinski definition) is 3. The SMILES string of the molecule is Cc1nc(CNC(=O)CC23CC4CC(CC(Br)(C4)C2)C3)oc1C. The van der Waals surface area contributed by atoms with Gasteiger partial charge < -0.3 is 9.73 Å². The van der Waals surface area contributed by atoms with Crippen LogP contribution in [0.3, 0.4) is 0 Å². The van der Waals surface area contributed by atoms with Crippen molar-refractivity contribution in [1.29, 1.82) is 0 Å². The molecule has 0 aliphatic heterocycles. The van der Waals surface area contributed by atoms with Gasteiger partial charge in [0.15, 0.2) is 0 Å². The first kappa shape index (κ1) is 15.7. The Morgan fingerprint density at radius 1 is 1.30 bits per heavy atom. The van der Waals surface area contributed by atoms with Crippen LogP contribution in [0.4, 0.5) is 0 Å². The summed E-state index contributed by atoms with van der Waals surface area (Å²) < 4.78 is 5.85. The lowest BCUT2D eigenvalue weighted by Gasteiger charge is -2.60. The first-order valence-electron chi connectivity index (χ1n) is 8.73. The molecule has 4 aliphatic rings. The van der Waals surface area contributed by atoms with Crippen LogP contribution in [0.15, 0.2) is 4.42 Å². The second-order valence-corrected chi connectivity index (χ2v) is 10.00. The zero-order valence-electron chi connectivity index (χ0n) is 14.0. The van der Waals surface area contributed by atoms with E-state index in [1.165, 1.54) is 32.1 Å². The highest BCUT2D eigenvalue weighted by Crippen LogP contribution is 2.65. The third kappa shape index (κ3) is 2.97. The number of aromatic nitrogens is 1. The molecule has 4 saturated carbocycles. The summed E-state index contributed by atoms with van der Waals surface area (Å²) in [6.45, 7) is 4.23. The number of rotatable bonds is 4. The van der Waals surface area contributed by atoms with Crippen molar-refractivity contribution in [2.45, 2.75) is 69.7 Å². The number of nitrogens with one attached hydrogen (secondary N) is 1. The van der Waals surface area contributed by atoms with Crippen molar-refractivity contribution >= 4 is 21.8 Å². The molecule has 126 valence electrons. The highest BCUT2D eigenvalue weighted by molar-refractivity contribution is 9.10. The van der Waals surface area contributed by atoms with Gasteiger partial charge in [0.1, 0.15) is 5.76 Å². The smallest absolute Gasteiger partial charge is 0.220 e. The summed E-state index contributed by atoms with van der Waals surface area (Å²) in [4.78, 5) is 16.8. The minimum atomic E-state index is 0.150. The molecular formula is C18H25BrN2O2. The van der Waals surface area contributed by atoms with E-state index in [1.54, 1.807) is 0 Å². The molecule has 2 unspecified atom stereocenters. The normalized spacial score (nSPS) is 38.0. The molecule has 1 N–H and O–H groups in total. The lowest BCUT2D eigenvalue weighted by atomic mass is 9.48. The maximum Gasteiger partial charge on any atom is 0.220 e. The molecule has 0 radical (unpaired) electrons. The van der Waals surface area contributed by atoms with Crippen LogP contribution in [-0.2, 0) is 11.3 Å². The van der Waals surface area contributed by atoms with E-state index in [9.17, 15) is 4.79 Å². The lowest BCUT2D eigenvalue weighted by molar-refractivity contribution is -0.128. The number of halogens is 1. The molecule has 0 spiro atoms. The van der Waals surface area contributed by atoms with Crippen molar-refractivity contribution in [3.05, 3.63) is 17.3 Å². The number of aryl methyl sites for hydroxylation is 2. The molecular weight excluding hydrogens is 356 g/mol. The minimum Gasteiger partial charge on any atom is -0.444 e. The van der Waals surface area contributed by atoms with Crippen molar-refractivity contribution in [3.63, 3.8) is 0 Å². The zero-order chi connectivity index (χ0) is 16.2. The molecule has 4 fully saturated rings. The molecule has 4 bridgehead atoms. The quantitative estimate of drug-likeness (QED) is 0.802. The third-order valence-electron chi connectivity index (χ3n) is 6.16. The van der Waals surface area contributed by atoms with Gasteiger partial charge in [-0.25, -0.2) is 4.98 Å². The Hall–Kier alpha value is -0.840. The molecule has 5 heteroatoms. The van der Waals surface area contributed by atoms with Gasteiger partial charge in [0.05, 0.1) is 12.2 Å². The van der Waals surface area contributed by atoms with E-state index in [-0.39, 0.29) is 11.3 Å². The van der Waals surface area contributed by atoms with Crippen LogP contribution in [0, 0.1) is 31.1 Å². The molecule has 0 saturated heterocycles. The Balaban J connectivity index is 1.39. The fourth-order valence-electron chi connectivity index (χ4n) is 5.73. The van der Waals surface area contributed by atoms with E-state index in [1.807, 2.05) is 13.8 Å². The van der Waals surface area contributed by atoms with Gasteiger partial charge in [0.2, 0.25) is 11.8 Å². The monoisotopic (exact) mass is 380 g/mol. The Morgan fingerprint density at radius 2 is 2.00 bits per heavy atom. The van der Waals surface area contributed by atoms with Crippen LogP contribution < -0.4 is 5.32 Å². The van der Waals surface area contributed by atoms with Crippen LogP contribution in [0.25, 0.3) is 0 Å². The number of nitrogens with zero attached hydrogens (tertiary/aromatic N) is 1. The fraction of sp³-hybridized carbons (Fsp3) is 0.778. The van der Waals surface area contributed by atoms with Crippen molar-refractivity contribution in [3.8, 4) is 0 Å². The van der Waals surface area contributed by atoms with Gasteiger partial charge in [0.25, 0.3) is 0 Å². The number of alkyl halides is 1. The summed E-state index contributed by atoms with van der Waals surface area (Å²) >= 11 is 4.01. The minimum absolute atomic E-state index is 0.150. The first-order chi connectivity index (χ1) is 10.8. The predicted molar refractivity (Wildman–Crippen MR) is 91.2 cm³/mol. The van der Waals surface area contributed by atoms with Crippen LogP contribution in [0.5, 0.6) is 0 Å². The van der Waals surface area contributed by atoms with E-state index in [0.29, 0.717) is 23.2 Å². The Morgan fingerprint density at radius 3 is 2.57 bits per heavy atom. The van der Waals surface area contributed by atoms with E-state index in [0.717, 1.165) is 29.7 Å². The first-order valence-corrected chi connectivity index (χ1v) is 9.53. The van der Waals surface area contributed by atoms with Crippen molar-refractivity contribution in [2.24, 2.45) is 17.3 Å². The van der Waals surface area contributed by atoms with Gasteiger partial charge >= 0.3 is 0 Å². The molecule has 5 rings (SSSR count). The summed E-state index contributed by atoms with van der Waals surface area (Å²) in [5.74, 6) is 3.23. The van der Waals surface area contributed by atoms with Crippen LogP contribution in [0.1, 0.15) is 62.3 Å². The van der Waals surface area contributed by atoms with Crippen LogP contribution in [0.2, 0.25) is 0 Å². The highest BCUT2D eigenvalue weighted by Gasteiger charge is 2.57. The molecule has 2 atom stereocenters. The van der Waals surface area contributed by atoms with Crippen molar-refractivity contribution in [2.75, 3.05) is 0 Å². The van der Waals surface area contributed by atoms with E-state index >= 15 is 0 Å². The molecule has 1 heterocycles. The molecule has 4 aliphatic carbocycles. The van der Waals surface area contributed by atoms with Gasteiger partial charge in [-0.3, -0.25) is 4.79 Å². The topological polar surface area (TPSA) is 55.1 Å². The Kier molecular flexibility index (Phi) is 3.63. The highest BCUT2D eigenvalue weighted by atomic mass is 79.9. The average molecular weight is 381 g/mol. The summed E-state index contributed by atoms with van der Waals surface area (Å²) in [5, 5.41) is 3.02. The predicted octanol–water partition coefficient (Wildman–Crippen LogP) is 4.03. The van der Waals surface area contributed by atoms with Gasteiger partial charge in [0, 0.05) is 10.7 Å². The summed E-state index contributed by atoms with van der Waals surface area (Å²) in [5.41, 5.74) is 1.12. The maximum absolute atomic E-state index is 12.5. The lowest BCUT2D eigenvalue weighted by Crippen LogP contribution is -2.54. The molecule has 1 aromatic heterocycles. The third-order valence-corrected chi connectivity index (χ3v) is 7.08. The molecule has 1 amide bonds. The fourth-order valence-corrected chi connectivity index (χ4v) is 7.25. The average Bonchev–Trinajstić information content (AvgIpc) is 2.72. The largest absolute Gasteiger partial charge is 0.444 e. The van der Waals surface area contributed by atoms with Crippen LogP contribution >= 0.6 is 15.9 Å². The second kappa shape index (κ2) is 5.33.